The van der Waals surface area contributed by atoms with Gasteiger partial charge in [-0.1, -0.05) is 24.3 Å². The summed E-state index contributed by atoms with van der Waals surface area (Å²) in [5.74, 6) is 0.383. The van der Waals surface area contributed by atoms with Crippen LogP contribution in [0.5, 0.6) is 0 Å². The van der Waals surface area contributed by atoms with Gasteiger partial charge in [-0.15, -0.1) is 0 Å². The monoisotopic (exact) mass is 357 g/mol. The maximum absolute atomic E-state index is 12.7. The molecule has 0 unspecified atom stereocenters. The predicted octanol–water partition coefficient (Wildman–Crippen LogP) is 3.20. The Balaban J connectivity index is 1.49. The maximum atomic E-state index is 12.7. The molecule has 26 heavy (non-hydrogen) atoms. The molecule has 4 heteroatoms. The second kappa shape index (κ2) is 9.01. The quantitative estimate of drug-likeness (QED) is 0.879. The first-order valence-corrected chi connectivity index (χ1v) is 10.3. The van der Waals surface area contributed by atoms with Crippen LogP contribution in [0.25, 0.3) is 0 Å². The van der Waals surface area contributed by atoms with Gasteiger partial charge in [0.2, 0.25) is 5.91 Å². The zero-order chi connectivity index (χ0) is 18.5. The van der Waals surface area contributed by atoms with Crippen LogP contribution in [0.2, 0.25) is 0 Å². The molecule has 0 aliphatic carbocycles. The molecule has 0 spiro atoms. The van der Waals surface area contributed by atoms with Crippen molar-refractivity contribution in [1.82, 2.24) is 15.1 Å². The van der Waals surface area contributed by atoms with Gasteiger partial charge in [0.15, 0.2) is 0 Å². The summed E-state index contributed by atoms with van der Waals surface area (Å²) < 4.78 is 0. The van der Waals surface area contributed by atoms with Crippen LogP contribution in [-0.4, -0.2) is 54.0 Å². The second-order valence-electron chi connectivity index (χ2n) is 8.34. The molecule has 2 heterocycles. The van der Waals surface area contributed by atoms with E-state index < -0.39 is 0 Å². The number of rotatable bonds is 5. The molecule has 1 atom stereocenters. The molecule has 2 saturated heterocycles. The first-order chi connectivity index (χ1) is 12.5. The minimum atomic E-state index is 0.149. The van der Waals surface area contributed by atoms with Gasteiger partial charge in [0, 0.05) is 25.2 Å². The predicted molar refractivity (Wildman–Crippen MR) is 107 cm³/mol. The molecule has 1 aromatic carbocycles. The van der Waals surface area contributed by atoms with E-state index >= 15 is 0 Å². The number of nitrogens with one attached hydrogen (secondary N) is 1. The standard InChI is InChI=1S/C22H35N3O/c1-17(2)24-13-10-21(11-14-24)25-12-6-9-20(16-25)22(26)23-15-19-8-5-4-7-18(19)3/h4-5,7-8,17,20-21H,6,9-16H2,1-3H3,(H,23,26)/t20-/m1/s1. The highest BCUT2D eigenvalue weighted by Gasteiger charge is 2.31. The third-order valence-electron chi connectivity index (χ3n) is 6.28. The van der Waals surface area contributed by atoms with Crippen LogP contribution in [0, 0.1) is 12.8 Å². The SMILES string of the molecule is Cc1ccccc1CNC(=O)[C@@H]1CCCN(C2CCN(C(C)C)CC2)C1. The van der Waals surface area contributed by atoms with Gasteiger partial charge in [0.1, 0.15) is 0 Å². The number of amides is 1. The van der Waals surface area contributed by atoms with E-state index in [1.807, 2.05) is 12.1 Å². The average Bonchev–Trinajstić information content (AvgIpc) is 2.67. The van der Waals surface area contributed by atoms with Crippen LogP contribution >= 0.6 is 0 Å². The molecule has 1 aromatic rings. The maximum Gasteiger partial charge on any atom is 0.224 e. The van der Waals surface area contributed by atoms with E-state index in [2.05, 4.69) is 48.0 Å². The number of carbonyl (C=O) groups is 1. The summed E-state index contributed by atoms with van der Waals surface area (Å²) in [6.07, 6.45) is 4.67. The van der Waals surface area contributed by atoms with Crippen LogP contribution in [0.1, 0.15) is 50.7 Å². The molecule has 1 amide bonds. The third-order valence-corrected chi connectivity index (χ3v) is 6.28. The van der Waals surface area contributed by atoms with Gasteiger partial charge in [-0.2, -0.15) is 0 Å². The van der Waals surface area contributed by atoms with Crippen molar-refractivity contribution in [2.45, 2.75) is 65.1 Å². The summed E-state index contributed by atoms with van der Waals surface area (Å²) in [6, 6.07) is 9.61. The van der Waals surface area contributed by atoms with Gasteiger partial charge in [-0.3, -0.25) is 9.69 Å². The summed E-state index contributed by atoms with van der Waals surface area (Å²) in [5, 5.41) is 3.18. The van der Waals surface area contributed by atoms with Crippen LogP contribution in [0.4, 0.5) is 0 Å². The largest absolute Gasteiger partial charge is 0.352 e. The summed E-state index contributed by atoms with van der Waals surface area (Å²) in [5.41, 5.74) is 2.46. The second-order valence-corrected chi connectivity index (χ2v) is 8.34. The molecule has 3 rings (SSSR count). The molecule has 144 valence electrons. The van der Waals surface area contributed by atoms with Crippen molar-refractivity contribution in [3.8, 4) is 0 Å². The van der Waals surface area contributed by atoms with Crippen molar-refractivity contribution < 1.29 is 4.79 Å². The Morgan fingerprint density at radius 1 is 1.15 bits per heavy atom. The fourth-order valence-electron chi connectivity index (χ4n) is 4.45. The summed E-state index contributed by atoms with van der Waals surface area (Å²) in [7, 11) is 0. The Labute approximate surface area is 158 Å². The van der Waals surface area contributed by atoms with Crippen molar-refractivity contribution in [1.29, 1.82) is 0 Å². The molecular weight excluding hydrogens is 322 g/mol. The van der Waals surface area contributed by atoms with Crippen molar-refractivity contribution in [3.63, 3.8) is 0 Å². The van der Waals surface area contributed by atoms with E-state index in [0.717, 1.165) is 25.9 Å². The molecular formula is C22H35N3O. The van der Waals surface area contributed by atoms with E-state index in [1.54, 1.807) is 0 Å². The van der Waals surface area contributed by atoms with Gasteiger partial charge >= 0.3 is 0 Å². The number of likely N-dealkylation sites (tertiary alicyclic amines) is 2. The normalized spacial score (nSPS) is 23.3. The molecule has 1 N–H and O–H groups in total. The molecule has 0 radical (unpaired) electrons. The van der Waals surface area contributed by atoms with Crippen molar-refractivity contribution in [2.24, 2.45) is 5.92 Å². The first kappa shape index (κ1) is 19.4. The lowest BCUT2D eigenvalue weighted by Crippen LogP contribution is -2.51. The Morgan fingerprint density at radius 3 is 2.58 bits per heavy atom. The van der Waals surface area contributed by atoms with Gasteiger partial charge in [-0.25, -0.2) is 0 Å². The average molecular weight is 358 g/mol. The molecule has 2 aliphatic heterocycles. The zero-order valence-corrected chi connectivity index (χ0v) is 16.7. The molecule has 2 aliphatic rings. The fraction of sp³-hybridized carbons (Fsp3) is 0.682. The highest BCUT2D eigenvalue weighted by atomic mass is 16.1. The molecule has 0 saturated carbocycles. The van der Waals surface area contributed by atoms with E-state index in [0.29, 0.717) is 18.6 Å². The lowest BCUT2D eigenvalue weighted by atomic mass is 9.93. The molecule has 2 fully saturated rings. The zero-order valence-electron chi connectivity index (χ0n) is 16.7. The van der Waals surface area contributed by atoms with Crippen LogP contribution in [0.15, 0.2) is 24.3 Å². The Morgan fingerprint density at radius 2 is 1.88 bits per heavy atom. The molecule has 4 nitrogen and oxygen atoms in total. The van der Waals surface area contributed by atoms with E-state index in [-0.39, 0.29) is 11.8 Å². The van der Waals surface area contributed by atoms with Gasteiger partial charge in [-0.05, 0) is 77.2 Å². The van der Waals surface area contributed by atoms with Crippen molar-refractivity contribution in [3.05, 3.63) is 35.4 Å². The first-order valence-electron chi connectivity index (χ1n) is 10.3. The number of carbonyl (C=O) groups excluding carboxylic acids is 1. The number of aryl methyl sites for hydroxylation is 1. The Kier molecular flexibility index (Phi) is 6.71. The van der Waals surface area contributed by atoms with Gasteiger partial charge < -0.3 is 10.2 Å². The lowest BCUT2D eigenvalue weighted by molar-refractivity contribution is -0.127. The number of hydrogen-bond donors (Lipinski definition) is 1. The summed E-state index contributed by atoms with van der Waals surface area (Å²) in [4.78, 5) is 17.9. The van der Waals surface area contributed by atoms with Gasteiger partial charge in [0.05, 0.1) is 5.92 Å². The van der Waals surface area contributed by atoms with Crippen LogP contribution in [0.3, 0.4) is 0 Å². The minimum absolute atomic E-state index is 0.149. The topological polar surface area (TPSA) is 35.6 Å². The lowest BCUT2D eigenvalue weighted by Gasteiger charge is -2.43. The summed E-state index contributed by atoms with van der Waals surface area (Å²) in [6.45, 7) is 11.8. The van der Waals surface area contributed by atoms with E-state index in [4.69, 9.17) is 0 Å². The number of hydrogen-bond acceptors (Lipinski definition) is 3. The van der Waals surface area contributed by atoms with E-state index in [9.17, 15) is 4.79 Å². The molecule has 0 aromatic heterocycles. The highest BCUT2D eigenvalue weighted by molar-refractivity contribution is 5.79. The Hall–Kier alpha value is -1.39. The smallest absolute Gasteiger partial charge is 0.224 e. The van der Waals surface area contributed by atoms with E-state index in [1.165, 1.54) is 37.1 Å². The van der Waals surface area contributed by atoms with Crippen molar-refractivity contribution in [2.75, 3.05) is 26.2 Å². The van der Waals surface area contributed by atoms with Crippen LogP contribution < -0.4 is 5.32 Å². The number of piperidine rings is 2. The van der Waals surface area contributed by atoms with Gasteiger partial charge in [0.25, 0.3) is 0 Å². The number of benzene rings is 1. The minimum Gasteiger partial charge on any atom is -0.352 e. The van der Waals surface area contributed by atoms with Crippen LogP contribution in [-0.2, 0) is 11.3 Å². The third kappa shape index (κ3) is 4.86. The highest BCUT2D eigenvalue weighted by Crippen LogP contribution is 2.24. The Bertz CT molecular complexity index is 593. The van der Waals surface area contributed by atoms with Crippen molar-refractivity contribution >= 4 is 5.91 Å². The molecule has 0 bridgehead atoms. The fourth-order valence-corrected chi connectivity index (χ4v) is 4.45. The summed E-state index contributed by atoms with van der Waals surface area (Å²) >= 11 is 0. The number of nitrogens with zero attached hydrogens (tertiary/aromatic N) is 2.